The Hall–Kier alpha value is -2.55. The zero-order valence-corrected chi connectivity index (χ0v) is 12.6. The average molecular weight is 293 g/mol. The first kappa shape index (κ1) is 14.4. The molecule has 1 atom stereocenters. The average Bonchev–Trinajstić information content (AvgIpc) is 2.56. The second-order valence-electron chi connectivity index (χ2n) is 5.36. The van der Waals surface area contributed by atoms with Gasteiger partial charge in [-0.3, -0.25) is 4.90 Å². The summed E-state index contributed by atoms with van der Waals surface area (Å²) in [7, 11) is 1.41. The van der Waals surface area contributed by atoms with E-state index in [9.17, 15) is 4.79 Å². The molecule has 0 bridgehead atoms. The monoisotopic (exact) mass is 293 g/mol. The van der Waals surface area contributed by atoms with Crippen molar-refractivity contribution >= 4 is 12.2 Å². The highest BCUT2D eigenvalue weighted by Crippen LogP contribution is 2.32. The van der Waals surface area contributed by atoms with Crippen LogP contribution in [0.25, 0.3) is 6.08 Å². The van der Waals surface area contributed by atoms with Gasteiger partial charge in [0.1, 0.15) is 0 Å². The van der Waals surface area contributed by atoms with Gasteiger partial charge in [0.15, 0.2) is 0 Å². The topological polar surface area (TPSA) is 29.5 Å². The Labute approximate surface area is 130 Å². The van der Waals surface area contributed by atoms with Gasteiger partial charge < -0.3 is 4.74 Å². The number of amides is 1. The molecule has 0 fully saturated rings. The van der Waals surface area contributed by atoms with Crippen LogP contribution in [0.15, 0.2) is 60.8 Å². The summed E-state index contributed by atoms with van der Waals surface area (Å²) in [6.45, 7) is 0.636. The zero-order valence-electron chi connectivity index (χ0n) is 12.6. The van der Waals surface area contributed by atoms with Gasteiger partial charge in [0.05, 0.1) is 7.11 Å². The minimum absolute atomic E-state index is 0.273. The van der Waals surface area contributed by atoms with Gasteiger partial charge in [-0.25, -0.2) is 4.79 Å². The minimum atomic E-state index is -0.317. The van der Waals surface area contributed by atoms with Crippen LogP contribution in [-0.2, 0) is 4.74 Å². The van der Waals surface area contributed by atoms with Crippen LogP contribution in [0.1, 0.15) is 29.0 Å². The molecule has 2 aromatic rings. The molecule has 0 aromatic heterocycles. The molecule has 0 spiro atoms. The van der Waals surface area contributed by atoms with E-state index in [1.165, 1.54) is 18.2 Å². The molecule has 2 aromatic carbocycles. The number of nitrogens with zero attached hydrogens (tertiary/aromatic N) is 1. The van der Waals surface area contributed by atoms with Crippen LogP contribution >= 0.6 is 0 Å². The van der Waals surface area contributed by atoms with Crippen molar-refractivity contribution in [2.75, 3.05) is 13.7 Å². The van der Waals surface area contributed by atoms with Gasteiger partial charge >= 0.3 is 6.09 Å². The van der Waals surface area contributed by atoms with Crippen LogP contribution in [0.4, 0.5) is 4.79 Å². The molecule has 0 N–H and O–H groups in total. The molecule has 3 rings (SSSR count). The quantitative estimate of drug-likeness (QED) is 0.786. The Morgan fingerprint density at radius 2 is 1.82 bits per heavy atom. The van der Waals surface area contributed by atoms with Crippen LogP contribution in [0, 0.1) is 0 Å². The number of carbonyl (C=O) groups is 1. The summed E-state index contributed by atoms with van der Waals surface area (Å²) in [5, 5.41) is 0. The first-order chi connectivity index (χ1) is 10.8. The normalized spacial score (nSPS) is 18.8. The van der Waals surface area contributed by atoms with Gasteiger partial charge in [0.25, 0.3) is 0 Å². The largest absolute Gasteiger partial charge is 0.452 e. The van der Waals surface area contributed by atoms with E-state index in [1.807, 2.05) is 24.4 Å². The maximum atomic E-state index is 11.8. The maximum absolute atomic E-state index is 11.8. The molecule has 3 heteroatoms. The Morgan fingerprint density at radius 3 is 2.59 bits per heavy atom. The number of methoxy groups -OCH3 is 1. The molecular formula is C19H19NO2. The van der Waals surface area contributed by atoms with Crippen molar-refractivity contribution in [1.82, 2.24) is 4.90 Å². The molecule has 1 aliphatic heterocycles. The van der Waals surface area contributed by atoms with E-state index in [-0.39, 0.29) is 12.0 Å². The lowest BCUT2D eigenvalue weighted by molar-refractivity contribution is 0.139. The maximum Gasteiger partial charge on any atom is 0.413 e. The molecule has 0 radical (unpaired) electrons. The van der Waals surface area contributed by atoms with Crippen molar-refractivity contribution in [2.24, 2.45) is 0 Å². The molecule has 1 heterocycles. The summed E-state index contributed by atoms with van der Waals surface area (Å²) < 4.78 is 4.85. The van der Waals surface area contributed by atoms with Crippen LogP contribution < -0.4 is 0 Å². The molecule has 112 valence electrons. The van der Waals surface area contributed by atoms with E-state index in [0.29, 0.717) is 6.54 Å². The molecule has 0 saturated carbocycles. The van der Waals surface area contributed by atoms with Crippen molar-refractivity contribution in [1.29, 1.82) is 0 Å². The highest BCUT2D eigenvalue weighted by Gasteiger charge is 2.21. The van der Waals surface area contributed by atoms with Gasteiger partial charge in [-0.1, -0.05) is 54.6 Å². The predicted molar refractivity (Wildman–Crippen MR) is 87.5 cm³/mol. The van der Waals surface area contributed by atoms with Gasteiger partial charge in [-0.15, -0.1) is 0 Å². The highest BCUT2D eigenvalue weighted by molar-refractivity contribution is 5.71. The fourth-order valence-corrected chi connectivity index (χ4v) is 2.95. The van der Waals surface area contributed by atoms with Gasteiger partial charge in [-0.05, 0) is 29.2 Å². The first-order valence-electron chi connectivity index (χ1n) is 7.46. The van der Waals surface area contributed by atoms with Crippen molar-refractivity contribution in [3.8, 4) is 0 Å². The standard InChI is InChI=1S/C19H19NO2/c1-22-19(21)20-13-11-16-9-5-6-10-17(16)18(12-14-20)15-7-3-2-4-8-15/h2-11,13,18H,12,14H2,1H3/b13-11-/t18-/m1/s1. The van der Waals surface area contributed by atoms with E-state index < -0.39 is 0 Å². The summed E-state index contributed by atoms with van der Waals surface area (Å²) in [6.07, 6.45) is 4.34. The first-order valence-corrected chi connectivity index (χ1v) is 7.46. The Balaban J connectivity index is 2.03. The van der Waals surface area contributed by atoms with E-state index in [2.05, 4.69) is 42.5 Å². The lowest BCUT2D eigenvalue weighted by Crippen LogP contribution is -2.28. The van der Waals surface area contributed by atoms with Crippen molar-refractivity contribution < 1.29 is 9.53 Å². The van der Waals surface area contributed by atoms with Crippen molar-refractivity contribution in [3.05, 3.63) is 77.5 Å². The predicted octanol–water partition coefficient (Wildman–Crippen LogP) is 4.26. The van der Waals surface area contributed by atoms with Gasteiger partial charge in [-0.2, -0.15) is 0 Å². The number of ether oxygens (including phenoxy) is 1. The van der Waals surface area contributed by atoms with E-state index in [0.717, 1.165) is 12.0 Å². The summed E-state index contributed by atoms with van der Waals surface area (Å²) in [5.41, 5.74) is 3.72. The molecule has 1 aliphatic rings. The zero-order chi connectivity index (χ0) is 15.4. The fraction of sp³-hybridized carbons (Fsp3) is 0.211. The molecular weight excluding hydrogens is 274 g/mol. The lowest BCUT2D eigenvalue weighted by Gasteiger charge is -2.26. The minimum Gasteiger partial charge on any atom is -0.452 e. The smallest absolute Gasteiger partial charge is 0.413 e. The molecule has 0 unspecified atom stereocenters. The van der Waals surface area contributed by atoms with Gasteiger partial charge in [0, 0.05) is 18.7 Å². The Kier molecular flexibility index (Phi) is 4.24. The number of rotatable bonds is 1. The Morgan fingerprint density at radius 1 is 1.09 bits per heavy atom. The molecule has 0 saturated heterocycles. The third kappa shape index (κ3) is 2.89. The third-order valence-electron chi connectivity index (χ3n) is 4.08. The number of hydrogen-bond acceptors (Lipinski definition) is 2. The molecule has 0 aliphatic carbocycles. The van der Waals surface area contributed by atoms with E-state index >= 15 is 0 Å². The fourth-order valence-electron chi connectivity index (χ4n) is 2.95. The van der Waals surface area contributed by atoms with Crippen LogP contribution in [0.2, 0.25) is 0 Å². The Bertz CT molecular complexity index is 679. The van der Waals surface area contributed by atoms with Crippen LogP contribution in [-0.4, -0.2) is 24.6 Å². The molecule has 22 heavy (non-hydrogen) atoms. The van der Waals surface area contributed by atoms with E-state index in [1.54, 1.807) is 4.90 Å². The van der Waals surface area contributed by atoms with E-state index in [4.69, 9.17) is 4.74 Å². The number of carbonyl (C=O) groups excluding carboxylic acids is 1. The highest BCUT2D eigenvalue weighted by atomic mass is 16.5. The lowest BCUT2D eigenvalue weighted by atomic mass is 9.85. The van der Waals surface area contributed by atoms with Crippen molar-refractivity contribution in [3.63, 3.8) is 0 Å². The summed E-state index contributed by atoms with van der Waals surface area (Å²) in [4.78, 5) is 13.5. The summed E-state index contributed by atoms with van der Waals surface area (Å²) in [5.74, 6) is 0.273. The molecule has 1 amide bonds. The number of fused-ring (bicyclic) bond motifs is 1. The van der Waals surface area contributed by atoms with Crippen LogP contribution in [0.3, 0.4) is 0 Å². The summed E-state index contributed by atoms with van der Waals surface area (Å²) >= 11 is 0. The summed E-state index contributed by atoms with van der Waals surface area (Å²) in [6, 6.07) is 18.8. The second kappa shape index (κ2) is 6.48. The third-order valence-corrected chi connectivity index (χ3v) is 4.08. The number of hydrogen-bond donors (Lipinski definition) is 0. The molecule has 3 nitrogen and oxygen atoms in total. The SMILES string of the molecule is COC(=O)N1/C=C\c2ccccc2[C@@H](c2ccccc2)CC1. The van der Waals surface area contributed by atoms with Gasteiger partial charge in [0.2, 0.25) is 0 Å². The number of benzene rings is 2. The van der Waals surface area contributed by atoms with Crippen molar-refractivity contribution in [2.45, 2.75) is 12.3 Å². The van der Waals surface area contributed by atoms with Crippen LogP contribution in [0.5, 0.6) is 0 Å². The second-order valence-corrected chi connectivity index (χ2v) is 5.36.